The van der Waals surface area contributed by atoms with E-state index in [1.54, 1.807) is 4.31 Å². The van der Waals surface area contributed by atoms with Gasteiger partial charge < -0.3 is 5.32 Å². The quantitative estimate of drug-likeness (QED) is 0.837. The number of rotatable bonds is 5. The molecule has 0 bridgehead atoms. The molecule has 1 aliphatic heterocycles. The van der Waals surface area contributed by atoms with Crippen LogP contribution < -0.4 is 5.32 Å². The molecule has 0 radical (unpaired) electrons. The lowest BCUT2D eigenvalue weighted by molar-refractivity contribution is -0.119. The second-order valence-electron chi connectivity index (χ2n) is 6.15. The van der Waals surface area contributed by atoms with Crippen molar-refractivity contribution in [2.45, 2.75) is 57.9 Å². The monoisotopic (exact) mass is 302 g/mol. The number of nitrogens with one attached hydrogen (secondary N) is 1. The Morgan fingerprint density at radius 3 is 2.55 bits per heavy atom. The Morgan fingerprint density at radius 1 is 1.20 bits per heavy atom. The van der Waals surface area contributed by atoms with Gasteiger partial charge in [0.25, 0.3) is 0 Å². The first kappa shape index (κ1) is 15.8. The summed E-state index contributed by atoms with van der Waals surface area (Å²) in [4.78, 5) is 11.0. The number of carbonyl (C=O) groups is 1. The first-order chi connectivity index (χ1) is 9.47. The number of hydrogen-bond acceptors (Lipinski definition) is 3. The molecule has 6 heteroatoms. The average molecular weight is 302 g/mol. The van der Waals surface area contributed by atoms with E-state index < -0.39 is 10.0 Å². The Bertz CT molecular complexity index is 430. The molecule has 0 aromatic heterocycles. The molecular weight excluding hydrogens is 276 g/mol. The van der Waals surface area contributed by atoms with Crippen LogP contribution in [0.25, 0.3) is 0 Å². The smallest absolute Gasteiger partial charge is 0.217 e. The minimum atomic E-state index is -3.15. The molecule has 2 aliphatic rings. The van der Waals surface area contributed by atoms with Gasteiger partial charge in [-0.1, -0.05) is 32.1 Å². The number of amides is 1. The van der Waals surface area contributed by atoms with Crippen LogP contribution >= 0.6 is 0 Å². The van der Waals surface area contributed by atoms with Gasteiger partial charge in [-0.2, -0.15) is 4.31 Å². The van der Waals surface area contributed by atoms with E-state index in [9.17, 15) is 13.2 Å². The third-order valence-electron chi connectivity index (χ3n) is 4.46. The molecule has 2 fully saturated rings. The molecule has 20 heavy (non-hydrogen) atoms. The molecule has 1 atom stereocenters. The van der Waals surface area contributed by atoms with Gasteiger partial charge in [0.1, 0.15) is 0 Å². The normalized spacial score (nSPS) is 25.8. The fourth-order valence-corrected chi connectivity index (χ4v) is 4.99. The standard InChI is InChI=1S/C14H26N2O3S/c1-12(17)15-14-7-9-16(11-14)20(18,19)10-8-13-5-3-2-4-6-13/h13-14H,2-11H2,1H3,(H,15,17). The number of hydrogen-bond donors (Lipinski definition) is 1. The van der Waals surface area contributed by atoms with Gasteiger partial charge in [0, 0.05) is 26.1 Å². The molecule has 2 rings (SSSR count). The predicted molar refractivity (Wildman–Crippen MR) is 78.8 cm³/mol. The van der Waals surface area contributed by atoms with Gasteiger partial charge in [0.2, 0.25) is 15.9 Å². The predicted octanol–water partition coefficient (Wildman–Crippen LogP) is 1.50. The van der Waals surface area contributed by atoms with Crippen molar-refractivity contribution in [2.75, 3.05) is 18.8 Å². The lowest BCUT2D eigenvalue weighted by Crippen LogP contribution is -2.38. The van der Waals surface area contributed by atoms with Crippen molar-refractivity contribution in [1.82, 2.24) is 9.62 Å². The summed E-state index contributed by atoms with van der Waals surface area (Å²) in [6, 6.07) is -0.0167. The Morgan fingerprint density at radius 2 is 1.90 bits per heavy atom. The fourth-order valence-electron chi connectivity index (χ4n) is 3.31. The Kier molecular flexibility index (Phi) is 5.43. The summed E-state index contributed by atoms with van der Waals surface area (Å²) in [5, 5.41) is 2.80. The van der Waals surface area contributed by atoms with Gasteiger partial charge in [-0.25, -0.2) is 8.42 Å². The molecule has 1 unspecified atom stereocenters. The minimum absolute atomic E-state index is 0.0167. The Balaban J connectivity index is 1.79. The summed E-state index contributed by atoms with van der Waals surface area (Å²) in [5.74, 6) is 0.772. The van der Waals surface area contributed by atoms with Crippen molar-refractivity contribution in [3.8, 4) is 0 Å². The van der Waals surface area contributed by atoms with E-state index in [4.69, 9.17) is 0 Å². The van der Waals surface area contributed by atoms with Crippen LogP contribution in [0.1, 0.15) is 51.9 Å². The zero-order valence-corrected chi connectivity index (χ0v) is 13.1. The Labute approximate surface area is 122 Å². The molecular formula is C14H26N2O3S. The van der Waals surface area contributed by atoms with Crippen LogP contribution in [0.4, 0.5) is 0 Å². The van der Waals surface area contributed by atoms with Crippen LogP contribution in [0, 0.1) is 5.92 Å². The largest absolute Gasteiger partial charge is 0.352 e. The summed E-state index contributed by atoms with van der Waals surface area (Å²) in [7, 11) is -3.15. The van der Waals surface area contributed by atoms with E-state index in [1.165, 1.54) is 39.0 Å². The highest BCUT2D eigenvalue weighted by molar-refractivity contribution is 7.89. The maximum Gasteiger partial charge on any atom is 0.217 e. The number of sulfonamides is 1. The summed E-state index contributed by atoms with van der Waals surface area (Å²) in [5.41, 5.74) is 0. The number of carbonyl (C=O) groups excluding carboxylic acids is 1. The molecule has 1 N–H and O–H groups in total. The molecule has 1 amide bonds. The van der Waals surface area contributed by atoms with E-state index in [1.807, 2.05) is 0 Å². The first-order valence-electron chi connectivity index (χ1n) is 7.72. The van der Waals surface area contributed by atoms with Crippen molar-refractivity contribution in [1.29, 1.82) is 0 Å². The van der Waals surface area contributed by atoms with Crippen LogP contribution in [0.3, 0.4) is 0 Å². The highest BCUT2D eigenvalue weighted by Crippen LogP contribution is 2.27. The molecule has 0 aromatic carbocycles. The lowest BCUT2D eigenvalue weighted by atomic mass is 9.88. The molecule has 1 saturated heterocycles. The molecule has 116 valence electrons. The summed E-state index contributed by atoms with van der Waals surface area (Å²) < 4.78 is 26.2. The third kappa shape index (κ3) is 4.45. The van der Waals surface area contributed by atoms with Gasteiger partial charge in [0.15, 0.2) is 0 Å². The Hall–Kier alpha value is -0.620. The van der Waals surface area contributed by atoms with Gasteiger partial charge in [-0.15, -0.1) is 0 Å². The number of nitrogens with zero attached hydrogens (tertiary/aromatic N) is 1. The second kappa shape index (κ2) is 6.89. The van der Waals surface area contributed by atoms with Crippen molar-refractivity contribution in [2.24, 2.45) is 5.92 Å². The van der Waals surface area contributed by atoms with E-state index in [-0.39, 0.29) is 17.7 Å². The van der Waals surface area contributed by atoms with E-state index in [2.05, 4.69) is 5.32 Å². The zero-order valence-electron chi connectivity index (χ0n) is 12.3. The minimum Gasteiger partial charge on any atom is -0.352 e. The van der Waals surface area contributed by atoms with Crippen LogP contribution in [0.5, 0.6) is 0 Å². The van der Waals surface area contributed by atoms with Crippen molar-refractivity contribution >= 4 is 15.9 Å². The van der Waals surface area contributed by atoms with E-state index in [0.717, 1.165) is 12.8 Å². The van der Waals surface area contributed by atoms with Crippen molar-refractivity contribution < 1.29 is 13.2 Å². The maximum atomic E-state index is 12.3. The summed E-state index contributed by atoms with van der Waals surface area (Å²) in [6.07, 6.45) is 7.69. The lowest BCUT2D eigenvalue weighted by Gasteiger charge is -2.23. The van der Waals surface area contributed by atoms with Crippen LogP contribution in [0.2, 0.25) is 0 Å². The topological polar surface area (TPSA) is 66.5 Å². The van der Waals surface area contributed by atoms with Crippen LogP contribution in [-0.4, -0.2) is 43.5 Å². The van der Waals surface area contributed by atoms with E-state index in [0.29, 0.717) is 19.0 Å². The van der Waals surface area contributed by atoms with E-state index >= 15 is 0 Å². The zero-order chi connectivity index (χ0) is 14.6. The van der Waals surface area contributed by atoms with Crippen molar-refractivity contribution in [3.05, 3.63) is 0 Å². The van der Waals surface area contributed by atoms with Crippen molar-refractivity contribution in [3.63, 3.8) is 0 Å². The maximum absolute atomic E-state index is 12.3. The SMILES string of the molecule is CC(=O)NC1CCN(S(=O)(=O)CCC2CCCCC2)C1. The first-order valence-corrected chi connectivity index (χ1v) is 9.33. The van der Waals surface area contributed by atoms with Crippen LogP contribution in [-0.2, 0) is 14.8 Å². The average Bonchev–Trinajstić information content (AvgIpc) is 2.86. The summed E-state index contributed by atoms with van der Waals surface area (Å²) >= 11 is 0. The molecule has 1 aliphatic carbocycles. The highest BCUT2D eigenvalue weighted by Gasteiger charge is 2.32. The molecule has 1 heterocycles. The molecule has 0 aromatic rings. The van der Waals surface area contributed by atoms with Crippen LogP contribution in [0.15, 0.2) is 0 Å². The van der Waals surface area contributed by atoms with Gasteiger partial charge >= 0.3 is 0 Å². The van der Waals surface area contributed by atoms with Gasteiger partial charge in [0.05, 0.1) is 5.75 Å². The third-order valence-corrected chi connectivity index (χ3v) is 6.33. The molecule has 1 saturated carbocycles. The highest BCUT2D eigenvalue weighted by atomic mass is 32.2. The molecule has 0 spiro atoms. The van der Waals surface area contributed by atoms with Gasteiger partial charge in [-0.3, -0.25) is 4.79 Å². The summed E-state index contributed by atoms with van der Waals surface area (Å²) in [6.45, 7) is 2.45. The second-order valence-corrected chi connectivity index (χ2v) is 8.24. The molecule has 5 nitrogen and oxygen atoms in total. The fraction of sp³-hybridized carbons (Fsp3) is 0.929. The van der Waals surface area contributed by atoms with Gasteiger partial charge in [-0.05, 0) is 18.8 Å².